The van der Waals surface area contributed by atoms with Crippen molar-refractivity contribution in [2.45, 2.75) is 11.0 Å². The maximum Gasteiger partial charge on any atom is 0.257 e. The Morgan fingerprint density at radius 3 is 2.87 bits per heavy atom. The predicted molar refractivity (Wildman–Crippen MR) is 93.0 cm³/mol. The van der Waals surface area contributed by atoms with Crippen LogP contribution in [-0.4, -0.2) is 29.9 Å². The van der Waals surface area contributed by atoms with Gasteiger partial charge in [-0.05, 0) is 35.9 Å². The normalized spacial score (nSPS) is 10.9. The Kier molecular flexibility index (Phi) is 4.59. The topological polar surface area (TPSA) is 46.3 Å². The van der Waals surface area contributed by atoms with Gasteiger partial charge in [0.1, 0.15) is 5.52 Å². The lowest BCUT2D eigenvalue weighted by atomic mass is 10.1. The maximum absolute atomic E-state index is 12.0. The van der Waals surface area contributed by atoms with Gasteiger partial charge in [0.05, 0.1) is 0 Å². The zero-order valence-electron chi connectivity index (χ0n) is 12.7. The molecule has 0 radical (unpaired) electrons. The van der Waals surface area contributed by atoms with Crippen LogP contribution < -0.4 is 0 Å². The molecular weight excluding hydrogens is 332 g/mol. The summed E-state index contributed by atoms with van der Waals surface area (Å²) in [6.07, 6.45) is 0. The molecule has 2 aromatic carbocycles. The van der Waals surface area contributed by atoms with E-state index in [4.69, 9.17) is 16.0 Å². The number of fused-ring (bicyclic) bond motifs is 1. The molecule has 0 fully saturated rings. The summed E-state index contributed by atoms with van der Waals surface area (Å²) in [5.41, 5.74) is 3.19. The second-order valence-electron chi connectivity index (χ2n) is 5.28. The van der Waals surface area contributed by atoms with E-state index in [9.17, 15) is 4.79 Å². The highest BCUT2D eigenvalue weighted by molar-refractivity contribution is 7.98. The molecule has 4 nitrogen and oxygen atoms in total. The molecule has 1 amide bonds. The number of carbonyl (C=O) groups excluding carboxylic acids is 1. The Labute approximate surface area is 143 Å². The van der Waals surface area contributed by atoms with Gasteiger partial charge in [-0.3, -0.25) is 4.79 Å². The first-order chi connectivity index (χ1) is 11.0. The SMILES string of the molecule is CN(C)C(=O)c1cccc(CSc2nc3cc(Cl)ccc3o2)c1. The molecule has 3 aromatic rings. The molecule has 118 valence electrons. The molecule has 0 aliphatic rings. The van der Waals surface area contributed by atoms with Crippen molar-refractivity contribution in [1.29, 1.82) is 0 Å². The van der Waals surface area contributed by atoms with Crippen molar-refractivity contribution < 1.29 is 9.21 Å². The molecule has 6 heteroatoms. The highest BCUT2D eigenvalue weighted by Gasteiger charge is 2.10. The zero-order valence-corrected chi connectivity index (χ0v) is 14.3. The molecular formula is C17H15ClN2O2S. The monoisotopic (exact) mass is 346 g/mol. The Morgan fingerprint density at radius 1 is 1.26 bits per heavy atom. The molecule has 23 heavy (non-hydrogen) atoms. The fourth-order valence-electron chi connectivity index (χ4n) is 2.14. The van der Waals surface area contributed by atoms with Crippen molar-refractivity contribution in [2.24, 2.45) is 0 Å². The van der Waals surface area contributed by atoms with Crippen LogP contribution in [0.5, 0.6) is 0 Å². The van der Waals surface area contributed by atoms with E-state index in [0.717, 1.165) is 11.1 Å². The van der Waals surface area contributed by atoms with Crippen molar-refractivity contribution in [1.82, 2.24) is 9.88 Å². The minimum absolute atomic E-state index is 0.00615. The van der Waals surface area contributed by atoms with Crippen molar-refractivity contribution >= 4 is 40.4 Å². The molecule has 0 N–H and O–H groups in total. The lowest BCUT2D eigenvalue weighted by Crippen LogP contribution is -2.21. The molecule has 0 aliphatic heterocycles. The third-order valence-electron chi connectivity index (χ3n) is 3.27. The van der Waals surface area contributed by atoms with Crippen molar-refractivity contribution in [3.05, 3.63) is 58.6 Å². The van der Waals surface area contributed by atoms with Gasteiger partial charge in [-0.1, -0.05) is 35.5 Å². The number of hydrogen-bond donors (Lipinski definition) is 0. The molecule has 0 saturated carbocycles. The average molecular weight is 347 g/mol. The van der Waals surface area contributed by atoms with Gasteiger partial charge in [0.15, 0.2) is 5.58 Å². The Balaban J connectivity index is 1.74. The summed E-state index contributed by atoms with van der Waals surface area (Å²) in [5.74, 6) is 0.670. The number of hydrogen-bond acceptors (Lipinski definition) is 4. The van der Waals surface area contributed by atoms with Crippen molar-refractivity contribution in [2.75, 3.05) is 14.1 Å². The number of halogens is 1. The van der Waals surface area contributed by atoms with Gasteiger partial charge in [-0.15, -0.1) is 0 Å². The van der Waals surface area contributed by atoms with Crippen LogP contribution in [0, 0.1) is 0 Å². The first kappa shape index (κ1) is 15.9. The van der Waals surface area contributed by atoms with Gasteiger partial charge in [0, 0.05) is 30.4 Å². The van der Waals surface area contributed by atoms with E-state index in [2.05, 4.69) is 4.98 Å². The Bertz CT molecular complexity index is 861. The van der Waals surface area contributed by atoms with Gasteiger partial charge in [0.25, 0.3) is 11.1 Å². The number of oxazole rings is 1. The molecule has 3 rings (SSSR count). The van der Waals surface area contributed by atoms with Crippen LogP contribution in [-0.2, 0) is 5.75 Å². The summed E-state index contributed by atoms with van der Waals surface area (Å²) in [6, 6.07) is 13.0. The summed E-state index contributed by atoms with van der Waals surface area (Å²) in [6.45, 7) is 0. The lowest BCUT2D eigenvalue weighted by molar-refractivity contribution is 0.0827. The second-order valence-corrected chi connectivity index (χ2v) is 6.64. The summed E-state index contributed by atoms with van der Waals surface area (Å²) >= 11 is 7.44. The summed E-state index contributed by atoms with van der Waals surface area (Å²) < 4.78 is 5.68. The standard InChI is InChI=1S/C17H15ClN2O2S/c1-20(2)16(21)12-5-3-4-11(8-12)10-23-17-19-14-9-13(18)6-7-15(14)22-17/h3-9H,10H2,1-2H3. The molecule has 0 atom stereocenters. The van der Waals surface area contributed by atoms with Gasteiger partial charge < -0.3 is 9.32 Å². The smallest absolute Gasteiger partial charge is 0.257 e. The largest absolute Gasteiger partial charge is 0.431 e. The molecule has 0 bridgehead atoms. The van der Waals surface area contributed by atoms with Crippen LogP contribution in [0.2, 0.25) is 5.02 Å². The van der Waals surface area contributed by atoms with E-state index in [0.29, 0.717) is 27.1 Å². The molecule has 0 spiro atoms. The molecule has 0 unspecified atom stereocenters. The number of benzene rings is 2. The minimum Gasteiger partial charge on any atom is -0.431 e. The summed E-state index contributed by atoms with van der Waals surface area (Å²) in [7, 11) is 3.49. The third kappa shape index (κ3) is 3.68. The van der Waals surface area contributed by atoms with Crippen LogP contribution in [0.25, 0.3) is 11.1 Å². The summed E-state index contributed by atoms with van der Waals surface area (Å²) in [5, 5.41) is 1.23. The van der Waals surface area contributed by atoms with E-state index in [1.54, 1.807) is 31.1 Å². The quantitative estimate of drug-likeness (QED) is 0.654. The van der Waals surface area contributed by atoms with Crippen LogP contribution in [0.4, 0.5) is 0 Å². The van der Waals surface area contributed by atoms with Crippen LogP contribution >= 0.6 is 23.4 Å². The number of rotatable bonds is 4. The van der Waals surface area contributed by atoms with Crippen molar-refractivity contribution in [3.8, 4) is 0 Å². The maximum atomic E-state index is 12.0. The van der Waals surface area contributed by atoms with Crippen molar-refractivity contribution in [3.63, 3.8) is 0 Å². The van der Waals surface area contributed by atoms with E-state index in [-0.39, 0.29) is 5.91 Å². The van der Waals surface area contributed by atoms with E-state index >= 15 is 0 Å². The predicted octanol–water partition coefficient (Wildman–Crippen LogP) is 4.48. The van der Waals surface area contributed by atoms with Gasteiger partial charge >= 0.3 is 0 Å². The Hall–Kier alpha value is -1.98. The first-order valence-electron chi connectivity index (χ1n) is 7.02. The number of thioether (sulfide) groups is 1. The second kappa shape index (κ2) is 6.64. The van der Waals surface area contributed by atoms with Crippen LogP contribution in [0.15, 0.2) is 52.1 Å². The fraction of sp³-hybridized carbons (Fsp3) is 0.176. The highest BCUT2D eigenvalue weighted by Crippen LogP contribution is 2.28. The van der Waals surface area contributed by atoms with E-state index < -0.39 is 0 Å². The average Bonchev–Trinajstić information content (AvgIpc) is 2.94. The summed E-state index contributed by atoms with van der Waals surface area (Å²) in [4.78, 5) is 18.0. The van der Waals surface area contributed by atoms with Crippen LogP contribution in [0.1, 0.15) is 15.9 Å². The molecule has 1 aromatic heterocycles. The highest BCUT2D eigenvalue weighted by atomic mass is 35.5. The Morgan fingerprint density at radius 2 is 2.09 bits per heavy atom. The molecule has 0 aliphatic carbocycles. The minimum atomic E-state index is -0.00615. The fourth-order valence-corrected chi connectivity index (χ4v) is 3.09. The van der Waals surface area contributed by atoms with Gasteiger partial charge in [-0.2, -0.15) is 0 Å². The third-order valence-corrected chi connectivity index (χ3v) is 4.41. The molecule has 1 heterocycles. The number of carbonyl (C=O) groups is 1. The van der Waals surface area contributed by atoms with Crippen LogP contribution in [0.3, 0.4) is 0 Å². The van der Waals surface area contributed by atoms with Gasteiger partial charge in [0.2, 0.25) is 0 Å². The number of aromatic nitrogens is 1. The van der Waals surface area contributed by atoms with E-state index in [1.165, 1.54) is 11.8 Å². The lowest BCUT2D eigenvalue weighted by Gasteiger charge is -2.10. The van der Waals surface area contributed by atoms with E-state index in [1.807, 2.05) is 30.3 Å². The van der Waals surface area contributed by atoms with Gasteiger partial charge in [-0.25, -0.2) is 4.98 Å². The number of amides is 1. The first-order valence-corrected chi connectivity index (χ1v) is 8.39. The number of nitrogens with zero attached hydrogens (tertiary/aromatic N) is 2. The zero-order chi connectivity index (χ0) is 16.4. The molecule has 0 saturated heterocycles.